The first-order chi connectivity index (χ1) is 12.8. The van der Waals surface area contributed by atoms with E-state index in [1.54, 1.807) is 19.1 Å². The smallest absolute Gasteiger partial charge is 0.169 e. The van der Waals surface area contributed by atoms with E-state index < -0.39 is 0 Å². The van der Waals surface area contributed by atoms with Crippen LogP contribution in [0.15, 0.2) is 41.8 Å². The molecule has 3 aromatic rings. The third-order valence-electron chi connectivity index (χ3n) is 4.53. The molecule has 3 rings (SSSR count). The molecule has 0 amide bonds. The van der Waals surface area contributed by atoms with Crippen LogP contribution in [0.2, 0.25) is 0 Å². The van der Waals surface area contributed by atoms with Gasteiger partial charge in [0.05, 0.1) is 12.1 Å². The van der Waals surface area contributed by atoms with Crippen LogP contribution in [0.3, 0.4) is 0 Å². The van der Waals surface area contributed by atoms with E-state index in [1.807, 2.05) is 17.5 Å². The van der Waals surface area contributed by atoms with Crippen LogP contribution in [-0.2, 0) is 17.6 Å². The number of ketones is 2. The molecule has 0 radical (unpaired) electrons. The van der Waals surface area contributed by atoms with Crippen LogP contribution < -0.4 is 0 Å². The highest BCUT2D eigenvalue weighted by Crippen LogP contribution is 2.29. The summed E-state index contributed by atoms with van der Waals surface area (Å²) in [6, 6.07) is 11.6. The highest BCUT2D eigenvalue weighted by atomic mass is 32.1. The number of hydrogen-bond acceptors (Lipinski definition) is 4. The lowest BCUT2D eigenvalue weighted by atomic mass is 9.98. The number of carbonyl (C=O) groups is 2. The molecule has 0 saturated carbocycles. The van der Waals surface area contributed by atoms with E-state index in [0.29, 0.717) is 18.4 Å². The van der Waals surface area contributed by atoms with Crippen molar-refractivity contribution in [2.75, 3.05) is 0 Å². The molecule has 0 fully saturated rings. The molecule has 0 bridgehead atoms. The van der Waals surface area contributed by atoms with Gasteiger partial charge in [0.25, 0.3) is 0 Å². The Morgan fingerprint density at radius 3 is 2.19 bits per heavy atom. The zero-order valence-electron chi connectivity index (χ0n) is 16.1. The number of benzene rings is 2. The summed E-state index contributed by atoms with van der Waals surface area (Å²) in [6.45, 7) is 7.86. The van der Waals surface area contributed by atoms with Crippen LogP contribution in [0.4, 0.5) is 0 Å². The molecule has 2 aromatic carbocycles. The predicted octanol–water partition coefficient (Wildman–Crippen LogP) is 5.29. The average Bonchev–Trinajstić information content (AvgIpc) is 3.02. The molecule has 0 atom stereocenters. The summed E-state index contributed by atoms with van der Waals surface area (Å²) >= 11 is 1.52. The standard InChI is InChI=1S/C23H23NO2S/c1-14-9-15(2)23(16(3)10-14)20-13-27-22(24-20)12-21(26)19-7-5-18(6-8-19)11-17(4)25/h5-10,13H,11-12H2,1-4H3. The lowest BCUT2D eigenvalue weighted by Crippen LogP contribution is -2.04. The Labute approximate surface area is 164 Å². The Kier molecular flexibility index (Phi) is 5.66. The second kappa shape index (κ2) is 7.97. The van der Waals surface area contributed by atoms with E-state index >= 15 is 0 Å². The fourth-order valence-electron chi connectivity index (χ4n) is 3.43. The Bertz CT molecular complexity index is 976. The van der Waals surface area contributed by atoms with Gasteiger partial charge >= 0.3 is 0 Å². The van der Waals surface area contributed by atoms with Crippen LogP contribution in [0.5, 0.6) is 0 Å². The monoisotopic (exact) mass is 377 g/mol. The van der Waals surface area contributed by atoms with Crippen molar-refractivity contribution in [1.29, 1.82) is 0 Å². The zero-order chi connectivity index (χ0) is 19.6. The van der Waals surface area contributed by atoms with Gasteiger partial charge in [-0.05, 0) is 44.4 Å². The third kappa shape index (κ3) is 4.58. The molecule has 0 N–H and O–H groups in total. The van der Waals surface area contributed by atoms with Crippen molar-refractivity contribution >= 4 is 22.9 Å². The first-order valence-electron chi connectivity index (χ1n) is 8.97. The van der Waals surface area contributed by atoms with Crippen LogP contribution in [0.1, 0.15) is 44.5 Å². The molecule has 138 valence electrons. The minimum Gasteiger partial charge on any atom is -0.300 e. The lowest BCUT2D eigenvalue weighted by Gasteiger charge is -2.08. The number of carbonyl (C=O) groups excluding carboxylic acids is 2. The largest absolute Gasteiger partial charge is 0.300 e. The van der Waals surface area contributed by atoms with Crippen LogP contribution in [-0.4, -0.2) is 16.6 Å². The Balaban J connectivity index is 1.76. The number of aryl methyl sites for hydroxylation is 3. The molecule has 0 unspecified atom stereocenters. The van der Waals surface area contributed by atoms with Gasteiger partial charge in [0.15, 0.2) is 5.78 Å². The topological polar surface area (TPSA) is 47.0 Å². The zero-order valence-corrected chi connectivity index (χ0v) is 16.9. The van der Waals surface area contributed by atoms with Gasteiger partial charge in [0.2, 0.25) is 0 Å². The Morgan fingerprint density at radius 2 is 1.59 bits per heavy atom. The van der Waals surface area contributed by atoms with E-state index in [-0.39, 0.29) is 11.6 Å². The molecule has 0 spiro atoms. The van der Waals surface area contributed by atoms with Gasteiger partial charge in [-0.1, -0.05) is 42.0 Å². The van der Waals surface area contributed by atoms with Crippen LogP contribution in [0.25, 0.3) is 11.3 Å². The number of aromatic nitrogens is 1. The molecular weight excluding hydrogens is 354 g/mol. The molecule has 27 heavy (non-hydrogen) atoms. The fraction of sp³-hybridized carbons (Fsp3) is 0.261. The number of nitrogens with zero attached hydrogens (tertiary/aromatic N) is 1. The van der Waals surface area contributed by atoms with Crippen molar-refractivity contribution in [2.24, 2.45) is 0 Å². The molecule has 0 aliphatic carbocycles. The van der Waals surface area contributed by atoms with E-state index in [0.717, 1.165) is 21.8 Å². The van der Waals surface area contributed by atoms with E-state index in [4.69, 9.17) is 4.98 Å². The summed E-state index contributed by atoms with van der Waals surface area (Å²) in [4.78, 5) is 28.5. The van der Waals surface area contributed by atoms with Crippen LogP contribution in [0, 0.1) is 20.8 Å². The summed E-state index contributed by atoms with van der Waals surface area (Å²) < 4.78 is 0. The van der Waals surface area contributed by atoms with E-state index in [9.17, 15) is 9.59 Å². The normalized spacial score (nSPS) is 10.8. The van der Waals surface area contributed by atoms with Gasteiger partial charge < -0.3 is 0 Å². The number of hydrogen-bond donors (Lipinski definition) is 0. The lowest BCUT2D eigenvalue weighted by molar-refractivity contribution is -0.116. The minimum absolute atomic E-state index is 0.0441. The summed E-state index contributed by atoms with van der Waals surface area (Å²) in [5.74, 6) is 0.161. The molecule has 0 aliphatic heterocycles. The number of rotatable bonds is 6. The first-order valence-corrected chi connectivity index (χ1v) is 9.85. The van der Waals surface area contributed by atoms with Crippen molar-refractivity contribution < 1.29 is 9.59 Å². The summed E-state index contributed by atoms with van der Waals surface area (Å²) in [6.07, 6.45) is 0.695. The van der Waals surface area contributed by atoms with E-state index in [1.165, 1.54) is 28.0 Å². The highest BCUT2D eigenvalue weighted by Gasteiger charge is 2.14. The van der Waals surface area contributed by atoms with Gasteiger partial charge in [-0.15, -0.1) is 11.3 Å². The van der Waals surface area contributed by atoms with Crippen molar-refractivity contribution in [1.82, 2.24) is 4.98 Å². The highest BCUT2D eigenvalue weighted by molar-refractivity contribution is 7.10. The summed E-state index contributed by atoms with van der Waals surface area (Å²) in [7, 11) is 0. The van der Waals surface area contributed by atoms with Crippen molar-refractivity contribution in [2.45, 2.75) is 40.5 Å². The fourth-order valence-corrected chi connectivity index (χ4v) is 4.21. The maximum absolute atomic E-state index is 12.6. The molecular formula is C23H23NO2S. The number of thiazole rings is 1. The Hall–Kier alpha value is -2.59. The average molecular weight is 378 g/mol. The van der Waals surface area contributed by atoms with E-state index in [2.05, 4.69) is 32.9 Å². The maximum atomic E-state index is 12.6. The van der Waals surface area contributed by atoms with Gasteiger partial charge in [0.1, 0.15) is 10.8 Å². The molecule has 4 heteroatoms. The maximum Gasteiger partial charge on any atom is 0.169 e. The molecule has 1 aromatic heterocycles. The molecule has 0 saturated heterocycles. The second-order valence-corrected chi connectivity index (χ2v) is 8.02. The molecule has 1 heterocycles. The quantitative estimate of drug-likeness (QED) is 0.548. The van der Waals surface area contributed by atoms with Gasteiger partial charge in [-0.2, -0.15) is 0 Å². The second-order valence-electron chi connectivity index (χ2n) is 7.08. The Morgan fingerprint density at radius 1 is 0.963 bits per heavy atom. The van der Waals surface area contributed by atoms with Gasteiger partial charge in [0, 0.05) is 22.9 Å². The predicted molar refractivity (Wildman–Crippen MR) is 111 cm³/mol. The van der Waals surface area contributed by atoms with Crippen molar-refractivity contribution in [3.05, 3.63) is 74.6 Å². The SMILES string of the molecule is CC(=O)Cc1ccc(C(=O)Cc2nc(-c3c(C)cc(C)cc3C)cs2)cc1. The van der Waals surface area contributed by atoms with Crippen molar-refractivity contribution in [3.8, 4) is 11.3 Å². The van der Waals surface area contributed by atoms with Gasteiger partial charge in [-0.25, -0.2) is 4.98 Å². The van der Waals surface area contributed by atoms with Gasteiger partial charge in [-0.3, -0.25) is 9.59 Å². The number of Topliss-reactive ketones (excluding diaryl/α,β-unsaturated/α-hetero) is 2. The molecule has 0 aliphatic rings. The third-order valence-corrected chi connectivity index (χ3v) is 5.37. The minimum atomic E-state index is 0.0441. The molecule has 3 nitrogen and oxygen atoms in total. The first kappa shape index (κ1) is 19.2. The van der Waals surface area contributed by atoms with Crippen LogP contribution >= 0.6 is 11.3 Å². The summed E-state index contributed by atoms with van der Waals surface area (Å²) in [5, 5.41) is 2.85. The van der Waals surface area contributed by atoms with Crippen molar-refractivity contribution in [3.63, 3.8) is 0 Å². The summed E-state index contributed by atoms with van der Waals surface area (Å²) in [5.41, 5.74) is 7.34.